The number of hydrogen-bond donors (Lipinski definition) is 1. The number of aliphatic hydroxyl groups excluding tert-OH is 1. The number of benzene rings is 1. The van der Waals surface area contributed by atoms with Gasteiger partial charge < -0.3 is 9.67 Å². The Labute approximate surface area is 115 Å². The molecule has 3 rings (SSSR count). The highest BCUT2D eigenvalue weighted by molar-refractivity contribution is 5.83. The third-order valence-electron chi connectivity index (χ3n) is 4.55. The van der Waals surface area contributed by atoms with Crippen molar-refractivity contribution in [3.63, 3.8) is 0 Å². The van der Waals surface area contributed by atoms with Crippen molar-refractivity contribution in [2.24, 2.45) is 5.92 Å². The summed E-state index contributed by atoms with van der Waals surface area (Å²) in [6, 6.07) is 8.64. The van der Waals surface area contributed by atoms with Gasteiger partial charge in [-0.3, -0.25) is 0 Å². The van der Waals surface area contributed by atoms with Gasteiger partial charge in [0.15, 0.2) is 0 Å². The smallest absolute Gasteiger partial charge is 0.0516 e. The van der Waals surface area contributed by atoms with Crippen LogP contribution in [0.4, 0.5) is 0 Å². The van der Waals surface area contributed by atoms with Gasteiger partial charge in [0.05, 0.1) is 5.52 Å². The largest absolute Gasteiger partial charge is 0.396 e. The monoisotopic (exact) mass is 257 g/mol. The molecule has 0 bridgehead atoms. The molecule has 1 heterocycles. The molecule has 1 aliphatic rings. The van der Waals surface area contributed by atoms with Crippen molar-refractivity contribution in [1.82, 2.24) is 4.57 Å². The van der Waals surface area contributed by atoms with Crippen LogP contribution in [0.1, 0.15) is 44.1 Å². The fourth-order valence-electron chi connectivity index (χ4n) is 3.41. The van der Waals surface area contributed by atoms with Crippen molar-refractivity contribution in [3.8, 4) is 0 Å². The first-order valence-electron chi connectivity index (χ1n) is 7.48. The first kappa shape index (κ1) is 12.7. The molecular weight excluding hydrogens is 234 g/mol. The molecule has 1 aliphatic carbocycles. The first-order valence-corrected chi connectivity index (χ1v) is 7.48. The minimum Gasteiger partial charge on any atom is -0.396 e. The predicted molar refractivity (Wildman–Crippen MR) is 79.4 cm³/mol. The van der Waals surface area contributed by atoms with Gasteiger partial charge in [0.25, 0.3) is 0 Å². The number of aromatic nitrogens is 1. The van der Waals surface area contributed by atoms with Crippen LogP contribution in [-0.4, -0.2) is 16.3 Å². The van der Waals surface area contributed by atoms with E-state index in [0.717, 1.165) is 12.5 Å². The van der Waals surface area contributed by atoms with Gasteiger partial charge in [-0.2, -0.15) is 0 Å². The number of fused-ring (bicyclic) bond motifs is 1. The molecule has 1 fully saturated rings. The zero-order chi connectivity index (χ0) is 13.2. The Hall–Kier alpha value is -1.28. The van der Waals surface area contributed by atoms with Gasteiger partial charge >= 0.3 is 0 Å². The van der Waals surface area contributed by atoms with Crippen molar-refractivity contribution in [1.29, 1.82) is 0 Å². The van der Waals surface area contributed by atoms with E-state index >= 15 is 0 Å². The van der Waals surface area contributed by atoms with Gasteiger partial charge in [0.2, 0.25) is 0 Å². The molecule has 1 atom stereocenters. The molecule has 2 heteroatoms. The highest BCUT2D eigenvalue weighted by Crippen LogP contribution is 2.30. The number of nitrogens with zero attached hydrogens (tertiary/aromatic N) is 1. The van der Waals surface area contributed by atoms with Gasteiger partial charge in [0, 0.05) is 25.3 Å². The van der Waals surface area contributed by atoms with E-state index in [9.17, 15) is 5.11 Å². The topological polar surface area (TPSA) is 25.2 Å². The van der Waals surface area contributed by atoms with Crippen molar-refractivity contribution >= 4 is 10.9 Å². The fourth-order valence-corrected chi connectivity index (χ4v) is 3.41. The summed E-state index contributed by atoms with van der Waals surface area (Å²) in [4.78, 5) is 0. The predicted octanol–water partition coefficient (Wildman–Crippen LogP) is 3.93. The molecule has 1 aromatic carbocycles. The Kier molecular flexibility index (Phi) is 3.61. The van der Waals surface area contributed by atoms with E-state index < -0.39 is 0 Å². The van der Waals surface area contributed by atoms with E-state index in [1.165, 1.54) is 42.1 Å². The Bertz CT molecular complexity index is 551. The van der Waals surface area contributed by atoms with Gasteiger partial charge in [-0.1, -0.05) is 38.0 Å². The molecule has 2 aromatic rings. The van der Waals surface area contributed by atoms with E-state index in [0.29, 0.717) is 0 Å². The van der Waals surface area contributed by atoms with Crippen LogP contribution in [-0.2, 0) is 6.54 Å². The van der Waals surface area contributed by atoms with E-state index in [1.807, 2.05) is 0 Å². The molecule has 19 heavy (non-hydrogen) atoms. The highest BCUT2D eigenvalue weighted by Gasteiger charge is 2.18. The zero-order valence-electron chi connectivity index (χ0n) is 11.7. The lowest BCUT2D eigenvalue weighted by atomic mass is 9.99. The number of rotatable bonds is 4. The summed E-state index contributed by atoms with van der Waals surface area (Å²) in [6.07, 6.45) is 7.75. The molecule has 0 aliphatic heterocycles. The zero-order valence-corrected chi connectivity index (χ0v) is 11.7. The average Bonchev–Trinajstić information content (AvgIpc) is 3.08. The second-order valence-corrected chi connectivity index (χ2v) is 5.99. The molecule has 0 saturated heterocycles. The molecule has 102 valence electrons. The third kappa shape index (κ3) is 2.42. The molecule has 1 unspecified atom stereocenters. The van der Waals surface area contributed by atoms with Crippen LogP contribution in [0.25, 0.3) is 10.9 Å². The average molecular weight is 257 g/mol. The quantitative estimate of drug-likeness (QED) is 0.882. The van der Waals surface area contributed by atoms with Gasteiger partial charge in [-0.15, -0.1) is 0 Å². The van der Waals surface area contributed by atoms with Crippen molar-refractivity contribution in [3.05, 3.63) is 36.0 Å². The van der Waals surface area contributed by atoms with Gasteiger partial charge in [0.1, 0.15) is 0 Å². The van der Waals surface area contributed by atoms with Crippen LogP contribution < -0.4 is 0 Å². The summed E-state index contributed by atoms with van der Waals surface area (Å²) in [5.41, 5.74) is 2.61. The Morgan fingerprint density at radius 1 is 1.26 bits per heavy atom. The second kappa shape index (κ2) is 5.38. The van der Waals surface area contributed by atoms with Crippen molar-refractivity contribution < 1.29 is 5.11 Å². The lowest BCUT2D eigenvalue weighted by molar-refractivity contribution is 0.273. The SMILES string of the molecule is CC(CO)c1cccc2ccn(CC3CCCC3)c12. The maximum Gasteiger partial charge on any atom is 0.0516 e. The molecule has 1 aromatic heterocycles. The van der Waals surface area contributed by atoms with Crippen LogP contribution in [0.15, 0.2) is 30.5 Å². The Morgan fingerprint density at radius 3 is 2.79 bits per heavy atom. The molecule has 0 spiro atoms. The minimum atomic E-state index is 0.209. The normalized spacial score (nSPS) is 18.2. The summed E-state index contributed by atoms with van der Waals surface area (Å²) in [6.45, 7) is 3.45. The van der Waals surface area contributed by atoms with Crippen LogP contribution in [0, 0.1) is 5.92 Å². The molecule has 0 radical (unpaired) electrons. The summed E-state index contributed by atoms with van der Waals surface area (Å²) in [5.74, 6) is 1.05. The Morgan fingerprint density at radius 2 is 2.05 bits per heavy atom. The van der Waals surface area contributed by atoms with Crippen LogP contribution in [0.2, 0.25) is 0 Å². The molecular formula is C17H23NO. The second-order valence-electron chi connectivity index (χ2n) is 5.99. The minimum absolute atomic E-state index is 0.209. The summed E-state index contributed by atoms with van der Waals surface area (Å²) in [7, 11) is 0. The molecule has 2 nitrogen and oxygen atoms in total. The van der Waals surface area contributed by atoms with E-state index in [-0.39, 0.29) is 12.5 Å². The van der Waals surface area contributed by atoms with E-state index in [1.54, 1.807) is 0 Å². The maximum atomic E-state index is 9.45. The van der Waals surface area contributed by atoms with Crippen LogP contribution in [0.3, 0.4) is 0 Å². The lowest BCUT2D eigenvalue weighted by Gasteiger charge is -2.16. The van der Waals surface area contributed by atoms with E-state index in [4.69, 9.17) is 0 Å². The Balaban J connectivity index is 1.99. The van der Waals surface area contributed by atoms with Crippen molar-refractivity contribution in [2.75, 3.05) is 6.61 Å². The fraction of sp³-hybridized carbons (Fsp3) is 0.529. The van der Waals surface area contributed by atoms with Gasteiger partial charge in [-0.05, 0) is 35.8 Å². The van der Waals surface area contributed by atoms with Gasteiger partial charge in [-0.25, -0.2) is 0 Å². The maximum absolute atomic E-state index is 9.45. The number of aliphatic hydroxyl groups is 1. The van der Waals surface area contributed by atoms with E-state index in [2.05, 4.69) is 42.0 Å². The molecule has 1 saturated carbocycles. The van der Waals surface area contributed by atoms with Crippen LogP contribution in [0.5, 0.6) is 0 Å². The lowest BCUT2D eigenvalue weighted by Crippen LogP contribution is -2.08. The molecule has 0 amide bonds. The highest BCUT2D eigenvalue weighted by atomic mass is 16.3. The molecule has 1 N–H and O–H groups in total. The standard InChI is InChI=1S/C17H23NO/c1-13(12-19)16-8-4-7-15-9-10-18(17(15)16)11-14-5-2-3-6-14/h4,7-10,13-14,19H,2-3,5-6,11-12H2,1H3. The summed E-state index contributed by atoms with van der Waals surface area (Å²) >= 11 is 0. The first-order chi connectivity index (χ1) is 9.29. The number of para-hydroxylation sites is 1. The summed E-state index contributed by atoms with van der Waals surface area (Å²) in [5, 5.41) is 10.8. The third-order valence-corrected chi connectivity index (χ3v) is 4.55. The van der Waals surface area contributed by atoms with Crippen LogP contribution >= 0.6 is 0 Å². The summed E-state index contributed by atoms with van der Waals surface area (Å²) < 4.78 is 2.41. The van der Waals surface area contributed by atoms with Crippen molar-refractivity contribution in [2.45, 2.75) is 45.1 Å². The number of hydrogen-bond acceptors (Lipinski definition) is 1.